The first kappa shape index (κ1) is 11.9. The number of ether oxygens (including phenoxy) is 2. The van der Waals surface area contributed by atoms with Crippen LogP contribution in [0.4, 0.5) is 4.39 Å². The highest BCUT2D eigenvalue weighted by Crippen LogP contribution is 2.15. The Labute approximate surface area is 89.0 Å². The summed E-state index contributed by atoms with van der Waals surface area (Å²) in [5, 5.41) is 0. The molecule has 0 aromatic heterocycles. The third-order valence-electron chi connectivity index (χ3n) is 1.99. The van der Waals surface area contributed by atoms with Crippen LogP contribution < -0.4 is 10.5 Å². The van der Waals surface area contributed by atoms with Gasteiger partial charge in [0, 0.05) is 13.2 Å². The van der Waals surface area contributed by atoms with Crippen molar-refractivity contribution < 1.29 is 13.9 Å². The lowest BCUT2D eigenvalue weighted by atomic mass is 10.2. The van der Waals surface area contributed by atoms with Crippen LogP contribution in [0.3, 0.4) is 0 Å². The minimum absolute atomic E-state index is 0.195. The zero-order valence-electron chi connectivity index (χ0n) is 9.00. The molecule has 0 saturated carbocycles. The molecule has 4 heteroatoms. The van der Waals surface area contributed by atoms with E-state index < -0.39 is 0 Å². The van der Waals surface area contributed by atoms with E-state index in [2.05, 4.69) is 0 Å². The van der Waals surface area contributed by atoms with Crippen LogP contribution in [0.1, 0.15) is 5.56 Å². The first-order valence-corrected chi connectivity index (χ1v) is 4.77. The van der Waals surface area contributed by atoms with E-state index in [0.29, 0.717) is 24.5 Å². The summed E-state index contributed by atoms with van der Waals surface area (Å²) in [6.07, 6.45) is 0. The van der Waals surface area contributed by atoms with Crippen molar-refractivity contribution in [1.82, 2.24) is 0 Å². The van der Waals surface area contributed by atoms with Crippen LogP contribution in [0.2, 0.25) is 0 Å². The molecule has 15 heavy (non-hydrogen) atoms. The average molecular weight is 213 g/mol. The van der Waals surface area contributed by atoms with Crippen LogP contribution in [0.25, 0.3) is 0 Å². The number of nitrogens with two attached hydrogens (primary N) is 1. The van der Waals surface area contributed by atoms with Crippen molar-refractivity contribution in [3.05, 3.63) is 29.6 Å². The minimum Gasteiger partial charge on any atom is -0.492 e. The van der Waals surface area contributed by atoms with Crippen LogP contribution >= 0.6 is 0 Å². The maximum absolute atomic E-state index is 13.1. The molecule has 0 saturated heterocycles. The number of halogens is 1. The molecular weight excluding hydrogens is 197 g/mol. The Balaban J connectivity index is 2.47. The van der Waals surface area contributed by atoms with Crippen LogP contribution in [-0.4, -0.2) is 26.4 Å². The standard InChI is InChI=1S/C11H16FNO2/c1-8-3-4-10(5-11(8)12)15-7-9(13)6-14-2/h3-5,9H,6-7,13H2,1-2H3. The molecule has 0 bridgehead atoms. The molecule has 0 amide bonds. The van der Waals surface area contributed by atoms with Gasteiger partial charge in [0.1, 0.15) is 18.2 Å². The van der Waals surface area contributed by atoms with Gasteiger partial charge in [-0.2, -0.15) is 0 Å². The Morgan fingerprint density at radius 1 is 1.40 bits per heavy atom. The zero-order chi connectivity index (χ0) is 11.3. The molecule has 1 atom stereocenters. The lowest BCUT2D eigenvalue weighted by molar-refractivity contribution is 0.152. The second-order valence-corrected chi connectivity index (χ2v) is 3.44. The third kappa shape index (κ3) is 3.85. The Morgan fingerprint density at radius 3 is 2.73 bits per heavy atom. The van der Waals surface area contributed by atoms with E-state index in [4.69, 9.17) is 15.2 Å². The predicted molar refractivity (Wildman–Crippen MR) is 56.5 cm³/mol. The van der Waals surface area contributed by atoms with Crippen molar-refractivity contribution in [3.63, 3.8) is 0 Å². The summed E-state index contributed by atoms with van der Waals surface area (Å²) in [5.41, 5.74) is 6.26. The largest absolute Gasteiger partial charge is 0.492 e. The van der Waals surface area contributed by atoms with E-state index in [9.17, 15) is 4.39 Å². The van der Waals surface area contributed by atoms with Gasteiger partial charge in [0.2, 0.25) is 0 Å². The van der Waals surface area contributed by atoms with Crippen molar-refractivity contribution in [2.24, 2.45) is 5.73 Å². The van der Waals surface area contributed by atoms with Gasteiger partial charge in [-0.1, -0.05) is 6.07 Å². The van der Waals surface area contributed by atoms with Crippen molar-refractivity contribution >= 4 is 0 Å². The lowest BCUT2D eigenvalue weighted by Crippen LogP contribution is -2.32. The second kappa shape index (κ2) is 5.68. The van der Waals surface area contributed by atoms with Crippen LogP contribution in [0.15, 0.2) is 18.2 Å². The van der Waals surface area contributed by atoms with Gasteiger partial charge in [0.25, 0.3) is 0 Å². The fraction of sp³-hybridized carbons (Fsp3) is 0.455. The lowest BCUT2D eigenvalue weighted by Gasteiger charge is -2.12. The van der Waals surface area contributed by atoms with E-state index in [1.54, 1.807) is 26.2 Å². The molecule has 2 N–H and O–H groups in total. The number of aryl methyl sites for hydroxylation is 1. The molecular formula is C11H16FNO2. The molecule has 1 unspecified atom stereocenters. The quantitative estimate of drug-likeness (QED) is 0.805. The van der Waals surface area contributed by atoms with Gasteiger partial charge >= 0.3 is 0 Å². The fourth-order valence-corrected chi connectivity index (χ4v) is 1.13. The van der Waals surface area contributed by atoms with E-state index in [1.165, 1.54) is 6.07 Å². The van der Waals surface area contributed by atoms with Gasteiger partial charge in [-0.05, 0) is 18.6 Å². The second-order valence-electron chi connectivity index (χ2n) is 3.44. The summed E-state index contributed by atoms with van der Waals surface area (Å²) in [6, 6.07) is 4.55. The van der Waals surface area contributed by atoms with Crippen LogP contribution in [-0.2, 0) is 4.74 Å². The molecule has 1 aromatic carbocycles. The SMILES string of the molecule is COCC(N)COc1ccc(C)c(F)c1. The number of hydrogen-bond acceptors (Lipinski definition) is 3. The highest BCUT2D eigenvalue weighted by atomic mass is 19.1. The molecule has 0 aliphatic heterocycles. The van der Waals surface area contributed by atoms with Crippen molar-refractivity contribution in [1.29, 1.82) is 0 Å². The van der Waals surface area contributed by atoms with E-state index >= 15 is 0 Å². The van der Waals surface area contributed by atoms with Crippen molar-refractivity contribution in [2.75, 3.05) is 20.3 Å². The summed E-state index contributed by atoms with van der Waals surface area (Å²) in [5.74, 6) is 0.220. The Morgan fingerprint density at radius 2 is 2.13 bits per heavy atom. The van der Waals surface area contributed by atoms with Crippen molar-refractivity contribution in [3.8, 4) is 5.75 Å². The maximum Gasteiger partial charge on any atom is 0.129 e. The molecule has 0 spiro atoms. The number of hydrogen-bond donors (Lipinski definition) is 1. The molecule has 0 aliphatic rings. The van der Waals surface area contributed by atoms with Gasteiger partial charge in [-0.3, -0.25) is 0 Å². The molecule has 0 fully saturated rings. The van der Waals surface area contributed by atoms with Gasteiger partial charge in [-0.25, -0.2) is 4.39 Å². The van der Waals surface area contributed by atoms with E-state index in [0.717, 1.165) is 0 Å². The molecule has 0 radical (unpaired) electrons. The van der Waals surface area contributed by atoms with Gasteiger partial charge in [0.15, 0.2) is 0 Å². The first-order valence-electron chi connectivity index (χ1n) is 4.77. The minimum atomic E-state index is -0.271. The third-order valence-corrected chi connectivity index (χ3v) is 1.99. The zero-order valence-corrected chi connectivity index (χ0v) is 9.00. The van der Waals surface area contributed by atoms with Gasteiger partial charge in [0.05, 0.1) is 12.6 Å². The highest BCUT2D eigenvalue weighted by Gasteiger charge is 2.04. The van der Waals surface area contributed by atoms with Gasteiger partial charge < -0.3 is 15.2 Å². The summed E-state index contributed by atoms with van der Waals surface area (Å²) in [7, 11) is 1.57. The monoisotopic (exact) mass is 213 g/mol. The number of rotatable bonds is 5. The molecule has 0 heterocycles. The summed E-state index contributed by atoms with van der Waals surface area (Å²) in [6.45, 7) is 2.44. The van der Waals surface area contributed by atoms with Crippen LogP contribution in [0.5, 0.6) is 5.75 Å². The van der Waals surface area contributed by atoms with Crippen LogP contribution in [0, 0.1) is 12.7 Å². The van der Waals surface area contributed by atoms with Gasteiger partial charge in [-0.15, -0.1) is 0 Å². The first-order chi connectivity index (χ1) is 7.13. The molecule has 1 rings (SSSR count). The van der Waals surface area contributed by atoms with E-state index in [1.807, 2.05) is 0 Å². The van der Waals surface area contributed by atoms with E-state index in [-0.39, 0.29) is 11.9 Å². The topological polar surface area (TPSA) is 44.5 Å². The fourth-order valence-electron chi connectivity index (χ4n) is 1.13. The number of benzene rings is 1. The normalized spacial score (nSPS) is 12.5. The Bertz CT molecular complexity index is 317. The predicted octanol–water partition coefficient (Wildman–Crippen LogP) is 1.49. The Kier molecular flexibility index (Phi) is 4.52. The maximum atomic E-state index is 13.1. The smallest absolute Gasteiger partial charge is 0.129 e. The average Bonchev–Trinajstić information content (AvgIpc) is 2.20. The Hall–Kier alpha value is -1.13. The summed E-state index contributed by atoms with van der Waals surface area (Å²) >= 11 is 0. The van der Waals surface area contributed by atoms with Crippen molar-refractivity contribution in [2.45, 2.75) is 13.0 Å². The molecule has 0 aliphatic carbocycles. The number of methoxy groups -OCH3 is 1. The molecule has 84 valence electrons. The molecule has 1 aromatic rings. The molecule has 3 nitrogen and oxygen atoms in total. The summed E-state index contributed by atoms with van der Waals surface area (Å²) in [4.78, 5) is 0. The summed E-state index contributed by atoms with van der Waals surface area (Å²) < 4.78 is 23.3. The highest BCUT2D eigenvalue weighted by molar-refractivity contribution is 5.27.